The second-order valence-electron chi connectivity index (χ2n) is 2.84. The van der Waals surface area contributed by atoms with Crippen LogP contribution in [-0.2, 0) is 0 Å². The van der Waals surface area contributed by atoms with Gasteiger partial charge in [-0.05, 0) is 40.8 Å². The molecule has 5 heteroatoms. The number of rotatable bonds is 1. The molecular weight excluding hydrogens is 319 g/mol. The number of hydrogen-bond acceptors (Lipinski definition) is 2. The Balaban J connectivity index is 2.74. The van der Waals surface area contributed by atoms with Crippen LogP contribution < -0.4 is 5.73 Å². The standard InChI is InChI=1S/C9H6F2INS/c10-9(11)8-7(12)5-3-4(13)1-2-6(5)14-8/h1-3,9H,13H2. The van der Waals surface area contributed by atoms with Crippen LogP contribution in [0.5, 0.6) is 0 Å². The van der Waals surface area contributed by atoms with Crippen molar-refractivity contribution >= 4 is 49.7 Å². The Morgan fingerprint density at radius 2 is 2.07 bits per heavy atom. The van der Waals surface area contributed by atoms with Crippen LogP contribution in [0, 0.1) is 3.57 Å². The molecule has 0 saturated carbocycles. The predicted molar refractivity (Wildman–Crippen MR) is 63.9 cm³/mol. The highest BCUT2D eigenvalue weighted by Crippen LogP contribution is 2.38. The lowest BCUT2D eigenvalue weighted by Gasteiger charge is -1.94. The minimum Gasteiger partial charge on any atom is -0.399 e. The van der Waals surface area contributed by atoms with Gasteiger partial charge < -0.3 is 5.73 Å². The van der Waals surface area contributed by atoms with Gasteiger partial charge in [-0.2, -0.15) is 0 Å². The molecule has 0 aliphatic rings. The van der Waals surface area contributed by atoms with Gasteiger partial charge >= 0.3 is 0 Å². The third-order valence-electron chi connectivity index (χ3n) is 1.87. The number of hydrogen-bond donors (Lipinski definition) is 1. The molecule has 1 heterocycles. The Morgan fingerprint density at radius 3 is 2.71 bits per heavy atom. The molecule has 0 saturated heterocycles. The van der Waals surface area contributed by atoms with Crippen LogP contribution in [-0.4, -0.2) is 0 Å². The van der Waals surface area contributed by atoms with E-state index in [0.29, 0.717) is 9.26 Å². The fraction of sp³-hybridized carbons (Fsp3) is 0.111. The smallest absolute Gasteiger partial charge is 0.273 e. The molecule has 0 fully saturated rings. The Kier molecular flexibility index (Phi) is 2.61. The first-order valence-electron chi connectivity index (χ1n) is 3.85. The van der Waals surface area contributed by atoms with Crippen molar-refractivity contribution in [2.45, 2.75) is 6.43 Å². The first-order chi connectivity index (χ1) is 6.59. The number of fused-ring (bicyclic) bond motifs is 1. The number of nitrogen functional groups attached to an aromatic ring is 1. The second kappa shape index (κ2) is 3.62. The summed E-state index contributed by atoms with van der Waals surface area (Å²) in [7, 11) is 0. The van der Waals surface area contributed by atoms with Crippen molar-refractivity contribution in [3.8, 4) is 0 Å². The van der Waals surface area contributed by atoms with Crippen LogP contribution in [0.25, 0.3) is 10.1 Å². The zero-order valence-corrected chi connectivity index (χ0v) is 9.90. The van der Waals surface area contributed by atoms with Gasteiger partial charge in [-0.3, -0.25) is 0 Å². The van der Waals surface area contributed by atoms with Gasteiger partial charge in [-0.25, -0.2) is 8.78 Å². The zero-order valence-electron chi connectivity index (χ0n) is 6.93. The molecule has 2 rings (SSSR count). The van der Waals surface area contributed by atoms with E-state index < -0.39 is 6.43 Å². The molecule has 0 spiro atoms. The minimum atomic E-state index is -2.40. The summed E-state index contributed by atoms with van der Waals surface area (Å²) in [5.41, 5.74) is 6.20. The lowest BCUT2D eigenvalue weighted by molar-refractivity contribution is 0.155. The van der Waals surface area contributed by atoms with E-state index >= 15 is 0 Å². The van der Waals surface area contributed by atoms with Crippen molar-refractivity contribution in [1.82, 2.24) is 0 Å². The van der Waals surface area contributed by atoms with Gasteiger partial charge in [0, 0.05) is 19.3 Å². The van der Waals surface area contributed by atoms with E-state index in [9.17, 15) is 8.78 Å². The van der Waals surface area contributed by atoms with Crippen molar-refractivity contribution in [3.63, 3.8) is 0 Å². The van der Waals surface area contributed by atoms with Crippen molar-refractivity contribution in [1.29, 1.82) is 0 Å². The molecule has 74 valence electrons. The lowest BCUT2D eigenvalue weighted by Crippen LogP contribution is -1.83. The predicted octanol–water partition coefficient (Wildman–Crippen LogP) is 4.03. The number of anilines is 1. The third-order valence-corrected chi connectivity index (χ3v) is 4.58. The quantitative estimate of drug-likeness (QED) is 0.622. The van der Waals surface area contributed by atoms with Gasteiger partial charge in [0.05, 0.1) is 4.88 Å². The van der Waals surface area contributed by atoms with Crippen LogP contribution in [0.1, 0.15) is 11.3 Å². The molecule has 0 unspecified atom stereocenters. The molecule has 0 aliphatic heterocycles. The maximum atomic E-state index is 12.5. The number of halogens is 3. The Bertz CT molecular complexity index is 481. The first-order valence-corrected chi connectivity index (χ1v) is 5.74. The lowest BCUT2D eigenvalue weighted by atomic mass is 10.2. The highest BCUT2D eigenvalue weighted by atomic mass is 127. The summed E-state index contributed by atoms with van der Waals surface area (Å²) in [6.07, 6.45) is -2.40. The third kappa shape index (κ3) is 1.58. The second-order valence-corrected chi connectivity index (χ2v) is 5.00. The van der Waals surface area contributed by atoms with Crippen LogP contribution in [0.4, 0.5) is 14.5 Å². The van der Waals surface area contributed by atoms with E-state index in [0.717, 1.165) is 21.4 Å². The highest BCUT2D eigenvalue weighted by Gasteiger charge is 2.17. The molecule has 0 atom stereocenters. The van der Waals surface area contributed by atoms with E-state index in [2.05, 4.69) is 0 Å². The number of thiophene rings is 1. The van der Waals surface area contributed by atoms with Gasteiger partial charge in [0.15, 0.2) is 0 Å². The summed E-state index contributed by atoms with van der Waals surface area (Å²) in [6, 6.07) is 5.24. The SMILES string of the molecule is Nc1ccc2sc(C(F)F)c(I)c2c1. The Labute approximate surface area is 97.1 Å². The molecule has 0 amide bonds. The van der Waals surface area contributed by atoms with Gasteiger partial charge in [-0.1, -0.05) is 0 Å². The first kappa shape index (κ1) is 10.1. The van der Waals surface area contributed by atoms with Crippen LogP contribution in [0.15, 0.2) is 18.2 Å². The largest absolute Gasteiger partial charge is 0.399 e. The van der Waals surface area contributed by atoms with E-state index in [1.807, 2.05) is 22.6 Å². The molecule has 0 bridgehead atoms. The molecule has 14 heavy (non-hydrogen) atoms. The summed E-state index contributed by atoms with van der Waals surface area (Å²) in [6.45, 7) is 0. The molecule has 0 aliphatic carbocycles. The van der Waals surface area contributed by atoms with Gasteiger partial charge in [-0.15, -0.1) is 11.3 Å². The fourth-order valence-electron chi connectivity index (χ4n) is 1.24. The maximum absolute atomic E-state index is 12.5. The summed E-state index contributed by atoms with van der Waals surface area (Å²) in [4.78, 5) is 0.131. The van der Waals surface area contributed by atoms with Crippen molar-refractivity contribution in [2.24, 2.45) is 0 Å². The van der Waals surface area contributed by atoms with Gasteiger partial charge in [0.1, 0.15) is 0 Å². The van der Waals surface area contributed by atoms with Crippen molar-refractivity contribution in [3.05, 3.63) is 26.6 Å². The van der Waals surface area contributed by atoms with Crippen LogP contribution in [0.3, 0.4) is 0 Å². The molecular formula is C9H6F2INS. The Hall–Kier alpha value is -0.430. The molecule has 1 aromatic heterocycles. The van der Waals surface area contributed by atoms with Crippen molar-refractivity contribution in [2.75, 3.05) is 5.73 Å². The number of benzene rings is 1. The fourth-order valence-corrected chi connectivity index (χ4v) is 3.37. The summed E-state index contributed by atoms with van der Waals surface area (Å²) in [5.74, 6) is 0. The monoisotopic (exact) mass is 325 g/mol. The van der Waals surface area contributed by atoms with E-state index in [1.54, 1.807) is 18.2 Å². The Morgan fingerprint density at radius 1 is 1.36 bits per heavy atom. The number of nitrogens with two attached hydrogens (primary N) is 1. The summed E-state index contributed by atoms with van der Waals surface area (Å²) < 4.78 is 26.6. The number of alkyl halides is 2. The van der Waals surface area contributed by atoms with E-state index in [4.69, 9.17) is 5.73 Å². The zero-order chi connectivity index (χ0) is 10.3. The normalized spacial score (nSPS) is 11.4. The van der Waals surface area contributed by atoms with Crippen LogP contribution in [0.2, 0.25) is 0 Å². The van der Waals surface area contributed by atoms with Gasteiger partial charge in [0.25, 0.3) is 6.43 Å². The molecule has 2 N–H and O–H groups in total. The molecule has 0 radical (unpaired) electrons. The average molecular weight is 325 g/mol. The topological polar surface area (TPSA) is 26.0 Å². The minimum absolute atomic E-state index is 0.131. The van der Waals surface area contributed by atoms with Crippen LogP contribution >= 0.6 is 33.9 Å². The summed E-state index contributed by atoms with van der Waals surface area (Å²) in [5, 5.41) is 0.825. The summed E-state index contributed by atoms with van der Waals surface area (Å²) >= 11 is 3.07. The molecule has 1 aromatic carbocycles. The van der Waals surface area contributed by atoms with Gasteiger partial charge in [0.2, 0.25) is 0 Å². The highest BCUT2D eigenvalue weighted by molar-refractivity contribution is 14.1. The maximum Gasteiger partial charge on any atom is 0.273 e. The molecule has 2 aromatic rings. The van der Waals surface area contributed by atoms with Crippen molar-refractivity contribution < 1.29 is 8.78 Å². The van der Waals surface area contributed by atoms with E-state index in [1.165, 1.54) is 0 Å². The van der Waals surface area contributed by atoms with E-state index in [-0.39, 0.29) is 4.88 Å². The molecule has 1 nitrogen and oxygen atoms in total. The average Bonchev–Trinajstić information content (AvgIpc) is 2.44.